The molecule has 0 bridgehead atoms. The molecular weight excluding hydrogens is 852 g/mol. The van der Waals surface area contributed by atoms with Crippen molar-refractivity contribution < 1.29 is 89.1 Å². The van der Waals surface area contributed by atoms with Crippen molar-refractivity contribution in [2.24, 2.45) is 50.2 Å². The van der Waals surface area contributed by atoms with Crippen molar-refractivity contribution in [3.05, 3.63) is 11.6 Å². The van der Waals surface area contributed by atoms with Crippen molar-refractivity contribution in [1.82, 2.24) is 0 Å². The molecule has 0 aromatic heterocycles. The van der Waals surface area contributed by atoms with Crippen LogP contribution < -0.4 is 0 Å². The van der Waals surface area contributed by atoms with Gasteiger partial charge in [-0.1, -0.05) is 60.1 Å². The second kappa shape index (κ2) is 17.2. The number of carbonyl (C=O) groups is 2. The zero-order chi connectivity index (χ0) is 47.6. The molecule has 0 aromatic rings. The molecule has 3 heterocycles. The minimum absolute atomic E-state index is 0.0646. The van der Waals surface area contributed by atoms with Gasteiger partial charge in [-0.2, -0.15) is 0 Å². The summed E-state index contributed by atoms with van der Waals surface area (Å²) in [5, 5.41) is 105. The molecule has 7 fully saturated rings. The summed E-state index contributed by atoms with van der Waals surface area (Å²) >= 11 is 0. The van der Waals surface area contributed by atoms with Gasteiger partial charge in [0.25, 0.3) is 0 Å². The summed E-state index contributed by atoms with van der Waals surface area (Å²) in [5.74, 6) is -1.77. The number of ether oxygens (including phenoxy) is 6. The highest BCUT2D eigenvalue weighted by atomic mass is 16.7. The van der Waals surface area contributed by atoms with Crippen molar-refractivity contribution in [3.8, 4) is 0 Å². The highest BCUT2D eigenvalue weighted by Gasteiger charge is 2.70. The van der Waals surface area contributed by atoms with Gasteiger partial charge in [-0.15, -0.1) is 0 Å². The number of hydrogen-bond acceptors (Lipinski definition) is 17. The third kappa shape index (κ3) is 7.76. The number of carboxylic acid groups (broad SMARTS) is 1. The molecule has 8 aliphatic rings. The van der Waals surface area contributed by atoms with Crippen LogP contribution in [0.3, 0.4) is 0 Å². The lowest BCUT2D eigenvalue weighted by Crippen LogP contribution is -2.67. The minimum atomic E-state index is -1.84. The lowest BCUT2D eigenvalue weighted by atomic mass is 9.33. The molecule has 0 spiro atoms. The molecule has 18 heteroatoms. The topological polar surface area (TPSA) is 292 Å². The van der Waals surface area contributed by atoms with Crippen molar-refractivity contribution in [2.45, 2.75) is 205 Å². The molecule has 4 saturated carbocycles. The number of carbonyl (C=O) groups excluding carboxylic acids is 1. The normalized spacial score (nSPS) is 52.7. The van der Waals surface area contributed by atoms with Crippen LogP contribution in [-0.4, -0.2) is 168 Å². The minimum Gasteiger partial charge on any atom is -0.479 e. The summed E-state index contributed by atoms with van der Waals surface area (Å²) in [6.07, 6.45) is -13.6. The number of fused-ring (bicyclic) bond motifs is 7. The Labute approximate surface area is 380 Å². The molecule has 370 valence electrons. The van der Waals surface area contributed by atoms with E-state index in [4.69, 9.17) is 28.4 Å². The standard InChI is InChI=1S/C47H74O18/c1-42(2)14-16-47(41(59)65-39-33(55)30(52)29(51)24(19-48)61-39)17-15-45(6)21(22(47)18-42)8-9-26-44(5)12-11-27(43(3,4)25(44)10-13-46(26,45)7)62-40-34(56)31(53)35(36(64-40)37(57)58)63-38-32(54)28(50)23(49)20-60-38/h8,22-36,38-40,48-56H,9-20H2,1-7H3,(H,57,58)/t22-,23+,24+,25?,26?,27?,28-,29+,30-,31+,32+,33+,34+,35-,36-,38-,39-,40+,44-,45?,46+,47-/m0/s1. The Morgan fingerprint density at radius 2 is 1.37 bits per heavy atom. The van der Waals surface area contributed by atoms with E-state index in [1.165, 1.54) is 5.57 Å². The van der Waals surface area contributed by atoms with Crippen molar-refractivity contribution in [3.63, 3.8) is 0 Å². The molecular formula is C47H74O18. The molecule has 3 saturated heterocycles. The fourth-order valence-electron chi connectivity index (χ4n) is 14.7. The molecule has 5 aliphatic carbocycles. The maximum atomic E-state index is 14.6. The summed E-state index contributed by atoms with van der Waals surface area (Å²) in [5.41, 5.74) is -0.801. The van der Waals surface area contributed by atoms with Gasteiger partial charge >= 0.3 is 11.9 Å². The SMILES string of the molecule is CC1(C)CC[C@]2(C(=O)O[C@@H]3O[C@H](CO)[C@@H](O)[C@H](O)[C@H]3O)CCC3(C)C(=CCC4[C@@]5(C)CCC(O[C@@H]6O[C@H](C(=O)O)[C@@H](O[C@@H]7OC[C@@H](O)[C@H](O)[C@H]7O)[C@H](O)[C@H]6O)C(C)(C)C5CC[C@]43C)[C@@H]2C1. The molecule has 0 aromatic carbocycles. The maximum Gasteiger partial charge on any atom is 0.335 e. The monoisotopic (exact) mass is 926 g/mol. The van der Waals surface area contributed by atoms with Crippen LogP contribution in [0.4, 0.5) is 0 Å². The van der Waals surface area contributed by atoms with Gasteiger partial charge in [0.05, 0.1) is 24.7 Å². The molecule has 65 heavy (non-hydrogen) atoms. The molecule has 18 nitrogen and oxygen atoms in total. The summed E-state index contributed by atoms with van der Waals surface area (Å²) in [4.78, 5) is 27.2. The van der Waals surface area contributed by atoms with E-state index in [0.717, 1.165) is 44.9 Å². The lowest BCUT2D eigenvalue weighted by molar-refractivity contribution is -0.354. The Kier molecular flexibility index (Phi) is 13.1. The van der Waals surface area contributed by atoms with E-state index in [2.05, 4.69) is 54.5 Å². The van der Waals surface area contributed by atoms with Gasteiger partial charge in [0.15, 0.2) is 18.7 Å². The number of aliphatic carboxylic acids is 1. The zero-order valence-corrected chi connectivity index (χ0v) is 38.7. The number of esters is 1. The number of allylic oxidation sites excluding steroid dienone is 2. The summed E-state index contributed by atoms with van der Waals surface area (Å²) < 4.78 is 34.9. The van der Waals surface area contributed by atoms with Gasteiger partial charge in [-0.3, -0.25) is 4.79 Å². The van der Waals surface area contributed by atoms with E-state index in [9.17, 15) is 60.7 Å². The summed E-state index contributed by atoms with van der Waals surface area (Å²) in [6.45, 7) is 14.9. The lowest BCUT2D eigenvalue weighted by Gasteiger charge is -2.71. The number of aliphatic hydroxyl groups excluding tert-OH is 9. The number of carboxylic acids is 1. The molecule has 0 radical (unpaired) electrons. The predicted molar refractivity (Wildman–Crippen MR) is 225 cm³/mol. The second-order valence-corrected chi connectivity index (χ2v) is 23.1. The summed E-state index contributed by atoms with van der Waals surface area (Å²) in [6, 6.07) is 0. The second-order valence-electron chi connectivity index (χ2n) is 23.1. The Hall–Kier alpha value is -1.88. The van der Waals surface area contributed by atoms with Crippen LogP contribution in [0.15, 0.2) is 11.6 Å². The molecule has 0 amide bonds. The van der Waals surface area contributed by atoms with E-state index in [-0.39, 0.29) is 39.4 Å². The smallest absolute Gasteiger partial charge is 0.335 e. The molecule has 22 atom stereocenters. The van der Waals surface area contributed by atoms with Crippen LogP contribution in [0.25, 0.3) is 0 Å². The molecule has 8 rings (SSSR count). The highest BCUT2D eigenvalue weighted by Crippen LogP contribution is 2.76. The average Bonchev–Trinajstić information content (AvgIpc) is 3.24. The van der Waals surface area contributed by atoms with Gasteiger partial charge in [-0.05, 0) is 109 Å². The molecule has 3 aliphatic heterocycles. The van der Waals surface area contributed by atoms with Crippen molar-refractivity contribution >= 4 is 11.9 Å². The third-order valence-electron chi connectivity index (χ3n) is 18.9. The van der Waals surface area contributed by atoms with Crippen LogP contribution in [0, 0.1) is 50.2 Å². The van der Waals surface area contributed by atoms with Gasteiger partial charge in [0, 0.05) is 0 Å². The third-order valence-corrected chi connectivity index (χ3v) is 18.9. The Balaban J connectivity index is 1.01. The Morgan fingerprint density at radius 3 is 2.05 bits per heavy atom. The number of hydrogen-bond donors (Lipinski definition) is 10. The van der Waals surface area contributed by atoms with Crippen LogP contribution in [-0.2, 0) is 38.0 Å². The van der Waals surface area contributed by atoms with Crippen LogP contribution in [0.2, 0.25) is 0 Å². The first-order valence-electron chi connectivity index (χ1n) is 23.7. The van der Waals surface area contributed by atoms with Crippen LogP contribution >= 0.6 is 0 Å². The molecule has 10 N–H and O–H groups in total. The fourth-order valence-corrected chi connectivity index (χ4v) is 14.7. The van der Waals surface area contributed by atoms with E-state index in [0.29, 0.717) is 19.3 Å². The zero-order valence-electron chi connectivity index (χ0n) is 38.7. The van der Waals surface area contributed by atoms with Gasteiger partial charge in [-0.25, -0.2) is 4.79 Å². The quantitative estimate of drug-likeness (QED) is 0.0918. The predicted octanol–water partition coefficient (Wildman–Crippen LogP) is 0.872. The largest absolute Gasteiger partial charge is 0.479 e. The number of rotatable bonds is 8. The highest BCUT2D eigenvalue weighted by molar-refractivity contribution is 5.79. The Bertz CT molecular complexity index is 1820. The molecule has 4 unspecified atom stereocenters. The fraction of sp³-hybridized carbons (Fsp3) is 0.915. The van der Waals surface area contributed by atoms with Gasteiger partial charge in [0.2, 0.25) is 6.29 Å². The van der Waals surface area contributed by atoms with E-state index < -0.39 is 128 Å². The Morgan fingerprint density at radius 1 is 0.708 bits per heavy atom. The van der Waals surface area contributed by atoms with E-state index >= 15 is 0 Å². The van der Waals surface area contributed by atoms with Crippen molar-refractivity contribution in [1.29, 1.82) is 0 Å². The van der Waals surface area contributed by atoms with Crippen LogP contribution in [0.5, 0.6) is 0 Å². The maximum absolute atomic E-state index is 14.6. The van der Waals surface area contributed by atoms with Gasteiger partial charge in [0.1, 0.15) is 61.0 Å². The van der Waals surface area contributed by atoms with E-state index in [1.54, 1.807) is 0 Å². The number of aliphatic hydroxyl groups is 9. The van der Waals surface area contributed by atoms with E-state index in [1.807, 2.05) is 0 Å². The first-order valence-corrected chi connectivity index (χ1v) is 23.7. The average molecular weight is 927 g/mol. The first-order chi connectivity index (χ1) is 30.3. The first kappa shape index (κ1) is 49.5. The summed E-state index contributed by atoms with van der Waals surface area (Å²) in [7, 11) is 0. The van der Waals surface area contributed by atoms with Crippen molar-refractivity contribution in [2.75, 3.05) is 13.2 Å². The van der Waals surface area contributed by atoms with Gasteiger partial charge < -0.3 is 79.5 Å². The van der Waals surface area contributed by atoms with Crippen LogP contribution in [0.1, 0.15) is 113 Å².